The molecule has 1 heterocycles. The zero-order valence-electron chi connectivity index (χ0n) is 6.86. The first-order valence-corrected chi connectivity index (χ1v) is 3.94. The molecule has 0 bridgehead atoms. The molecule has 1 aliphatic rings. The fraction of sp³-hybridized carbons (Fsp3) is 0.222. The summed E-state index contributed by atoms with van der Waals surface area (Å²) in [7, 11) is 0. The van der Waals surface area contributed by atoms with Crippen molar-refractivity contribution in [3.05, 3.63) is 29.3 Å². The van der Waals surface area contributed by atoms with Gasteiger partial charge in [-0.15, -0.1) is 0 Å². The fourth-order valence-corrected chi connectivity index (χ4v) is 1.44. The molecule has 0 unspecified atom stereocenters. The van der Waals surface area contributed by atoms with Gasteiger partial charge in [-0.25, -0.2) is 4.79 Å². The van der Waals surface area contributed by atoms with Gasteiger partial charge in [-0.1, -0.05) is 12.1 Å². The predicted molar refractivity (Wildman–Crippen MR) is 45.8 cm³/mol. The molecule has 2 rings (SSSR count). The van der Waals surface area contributed by atoms with E-state index in [1.165, 1.54) is 6.07 Å². The summed E-state index contributed by atoms with van der Waals surface area (Å²) in [6, 6.07) is 4.78. The first kappa shape index (κ1) is 8.07. The highest BCUT2D eigenvalue weighted by atomic mass is 16.5. The number of benzene rings is 1. The molecule has 0 amide bonds. The van der Waals surface area contributed by atoms with E-state index in [0.29, 0.717) is 12.4 Å². The number of fused-ring (bicyclic) bond motifs is 1. The normalized spacial score (nSPS) is 19.3. The van der Waals surface area contributed by atoms with Crippen LogP contribution in [-0.2, 0) is 0 Å². The highest BCUT2D eigenvalue weighted by Crippen LogP contribution is 2.33. The maximum absolute atomic E-state index is 10.7. The van der Waals surface area contributed by atoms with Crippen LogP contribution < -0.4 is 10.5 Å². The van der Waals surface area contributed by atoms with Crippen molar-refractivity contribution in [3.63, 3.8) is 0 Å². The van der Waals surface area contributed by atoms with Gasteiger partial charge in [-0.05, 0) is 6.07 Å². The van der Waals surface area contributed by atoms with Crippen molar-refractivity contribution in [2.45, 2.75) is 6.04 Å². The molecule has 0 saturated carbocycles. The lowest BCUT2D eigenvalue weighted by Crippen LogP contribution is -2.10. The van der Waals surface area contributed by atoms with Crippen molar-refractivity contribution in [1.29, 1.82) is 0 Å². The van der Waals surface area contributed by atoms with Crippen molar-refractivity contribution >= 4 is 5.97 Å². The van der Waals surface area contributed by atoms with Gasteiger partial charge >= 0.3 is 5.97 Å². The monoisotopic (exact) mass is 179 g/mol. The number of ether oxygens (including phenoxy) is 1. The van der Waals surface area contributed by atoms with Gasteiger partial charge < -0.3 is 15.6 Å². The Hall–Kier alpha value is -1.55. The quantitative estimate of drug-likeness (QED) is 0.668. The van der Waals surface area contributed by atoms with Gasteiger partial charge in [0, 0.05) is 5.56 Å². The summed E-state index contributed by atoms with van der Waals surface area (Å²) >= 11 is 0. The lowest BCUT2D eigenvalue weighted by molar-refractivity contribution is 0.0693. The van der Waals surface area contributed by atoms with E-state index in [0.717, 1.165) is 5.56 Å². The third-order valence-electron chi connectivity index (χ3n) is 2.08. The molecule has 1 atom stereocenters. The molecule has 68 valence electrons. The molecule has 13 heavy (non-hydrogen) atoms. The van der Waals surface area contributed by atoms with Crippen molar-refractivity contribution in [2.24, 2.45) is 5.73 Å². The van der Waals surface area contributed by atoms with E-state index >= 15 is 0 Å². The zero-order chi connectivity index (χ0) is 9.42. The molecular weight excluding hydrogens is 170 g/mol. The number of carbonyl (C=O) groups is 1. The Bertz CT molecular complexity index is 362. The van der Waals surface area contributed by atoms with Crippen LogP contribution in [0.25, 0.3) is 0 Å². The largest absolute Gasteiger partial charge is 0.490 e. The number of carboxylic acid groups (broad SMARTS) is 1. The van der Waals surface area contributed by atoms with Crippen molar-refractivity contribution in [2.75, 3.05) is 6.61 Å². The molecule has 1 aromatic carbocycles. The molecule has 4 nitrogen and oxygen atoms in total. The Labute approximate surface area is 74.9 Å². The maximum Gasteiger partial charge on any atom is 0.339 e. The third kappa shape index (κ3) is 1.15. The second-order valence-corrected chi connectivity index (χ2v) is 2.95. The Morgan fingerprint density at radius 2 is 2.38 bits per heavy atom. The average molecular weight is 179 g/mol. The van der Waals surface area contributed by atoms with Crippen LogP contribution >= 0.6 is 0 Å². The standard InChI is InChI=1S/C9H9NO3/c10-7-4-13-8-5(7)2-1-3-6(8)9(11)12/h1-3,7H,4,10H2,(H,11,12)/t7-/m0/s1. The molecule has 0 spiro atoms. The Balaban J connectivity index is 2.57. The van der Waals surface area contributed by atoms with E-state index in [1.807, 2.05) is 0 Å². The Kier molecular flexibility index (Phi) is 1.70. The second kappa shape index (κ2) is 2.74. The molecule has 1 aliphatic heterocycles. The van der Waals surface area contributed by atoms with E-state index in [1.54, 1.807) is 12.1 Å². The molecular formula is C9H9NO3. The summed E-state index contributed by atoms with van der Waals surface area (Å²) in [5.41, 5.74) is 6.66. The summed E-state index contributed by atoms with van der Waals surface area (Å²) in [4.78, 5) is 10.7. The smallest absolute Gasteiger partial charge is 0.339 e. The first-order chi connectivity index (χ1) is 6.20. The minimum absolute atomic E-state index is 0.186. The molecule has 3 N–H and O–H groups in total. The maximum atomic E-state index is 10.7. The van der Waals surface area contributed by atoms with Crippen LogP contribution in [0.2, 0.25) is 0 Å². The van der Waals surface area contributed by atoms with Crippen LogP contribution in [0.3, 0.4) is 0 Å². The van der Waals surface area contributed by atoms with E-state index < -0.39 is 5.97 Å². The second-order valence-electron chi connectivity index (χ2n) is 2.95. The highest BCUT2D eigenvalue weighted by Gasteiger charge is 2.25. The summed E-state index contributed by atoms with van der Waals surface area (Å²) in [5.74, 6) is -0.562. The minimum atomic E-state index is -0.981. The number of aromatic carboxylic acids is 1. The van der Waals surface area contributed by atoms with Crippen molar-refractivity contribution < 1.29 is 14.6 Å². The SMILES string of the molecule is N[C@H]1COc2c(C(=O)O)cccc21. The molecule has 4 heteroatoms. The van der Waals surface area contributed by atoms with Gasteiger partial charge in [0.2, 0.25) is 0 Å². The molecule has 0 fully saturated rings. The van der Waals surface area contributed by atoms with Crippen LogP contribution in [0.5, 0.6) is 5.75 Å². The van der Waals surface area contributed by atoms with Gasteiger partial charge in [-0.2, -0.15) is 0 Å². The van der Waals surface area contributed by atoms with E-state index in [4.69, 9.17) is 15.6 Å². The third-order valence-corrected chi connectivity index (χ3v) is 2.08. The zero-order valence-corrected chi connectivity index (χ0v) is 6.86. The number of hydrogen-bond donors (Lipinski definition) is 2. The van der Waals surface area contributed by atoms with Gasteiger partial charge in [0.15, 0.2) is 0 Å². The summed E-state index contributed by atoms with van der Waals surface area (Å²) in [5, 5.41) is 8.81. The lowest BCUT2D eigenvalue weighted by atomic mass is 10.1. The van der Waals surface area contributed by atoms with Gasteiger partial charge in [-0.3, -0.25) is 0 Å². The predicted octanol–water partition coefficient (Wildman–Crippen LogP) is 0.777. The lowest BCUT2D eigenvalue weighted by Gasteiger charge is -2.02. The van der Waals surface area contributed by atoms with Crippen LogP contribution in [0.4, 0.5) is 0 Å². The van der Waals surface area contributed by atoms with E-state index in [9.17, 15) is 4.79 Å². The van der Waals surface area contributed by atoms with E-state index in [-0.39, 0.29) is 11.6 Å². The first-order valence-electron chi connectivity index (χ1n) is 3.94. The summed E-state index contributed by atoms with van der Waals surface area (Å²) < 4.78 is 5.20. The van der Waals surface area contributed by atoms with Crippen LogP contribution in [-0.4, -0.2) is 17.7 Å². The topological polar surface area (TPSA) is 72.5 Å². The number of carboxylic acids is 1. The molecule has 1 aromatic rings. The molecule has 0 saturated heterocycles. The Morgan fingerprint density at radius 1 is 1.62 bits per heavy atom. The molecule has 0 radical (unpaired) electrons. The molecule has 0 aromatic heterocycles. The van der Waals surface area contributed by atoms with Crippen LogP contribution in [0.15, 0.2) is 18.2 Å². The summed E-state index contributed by atoms with van der Waals surface area (Å²) in [6.45, 7) is 0.361. The van der Waals surface area contributed by atoms with Gasteiger partial charge in [0.1, 0.15) is 17.9 Å². The van der Waals surface area contributed by atoms with Gasteiger partial charge in [0.25, 0.3) is 0 Å². The summed E-state index contributed by atoms with van der Waals surface area (Å²) in [6.07, 6.45) is 0. The highest BCUT2D eigenvalue weighted by molar-refractivity contribution is 5.91. The van der Waals surface area contributed by atoms with Crippen LogP contribution in [0, 0.1) is 0 Å². The Morgan fingerprint density at radius 3 is 3.08 bits per heavy atom. The fourth-order valence-electron chi connectivity index (χ4n) is 1.44. The van der Waals surface area contributed by atoms with Crippen molar-refractivity contribution in [1.82, 2.24) is 0 Å². The van der Waals surface area contributed by atoms with E-state index in [2.05, 4.69) is 0 Å². The number of para-hydroxylation sites is 1. The number of rotatable bonds is 1. The van der Waals surface area contributed by atoms with Crippen molar-refractivity contribution in [3.8, 4) is 5.75 Å². The van der Waals surface area contributed by atoms with Crippen LogP contribution in [0.1, 0.15) is 22.0 Å². The van der Waals surface area contributed by atoms with Gasteiger partial charge in [0.05, 0.1) is 6.04 Å². The average Bonchev–Trinajstić information content (AvgIpc) is 2.48. The number of nitrogens with two attached hydrogens (primary N) is 1. The molecule has 0 aliphatic carbocycles. The number of hydrogen-bond acceptors (Lipinski definition) is 3. The minimum Gasteiger partial charge on any atom is -0.490 e.